The van der Waals surface area contributed by atoms with Crippen LogP contribution in [0.4, 0.5) is 0 Å². The highest BCUT2D eigenvalue weighted by Gasteiger charge is 2.14. The minimum Gasteiger partial charge on any atom is -0.504 e. The average Bonchev–Trinajstić information content (AvgIpc) is 3.59. The Hall–Kier alpha value is -4.33. The summed E-state index contributed by atoms with van der Waals surface area (Å²) in [5, 5.41) is 31.2. The summed E-state index contributed by atoms with van der Waals surface area (Å²) >= 11 is 0. The monoisotopic (exact) mass is 928 g/mol. The Labute approximate surface area is 388 Å². The normalized spacial score (nSPS) is 11.7. The van der Waals surface area contributed by atoms with Gasteiger partial charge in [-0.1, -0.05) is 65.8 Å². The molecule has 0 aliphatic heterocycles. The molecule has 0 aliphatic rings. The molecule has 0 aliphatic carbocycles. The van der Waals surface area contributed by atoms with Crippen LogP contribution in [-0.4, -0.2) is 121 Å². The van der Waals surface area contributed by atoms with Gasteiger partial charge in [-0.3, -0.25) is 14.4 Å². The number of hydrogen-bond donors (Lipinski definition) is 3. The molecule has 0 amide bonds. The summed E-state index contributed by atoms with van der Waals surface area (Å²) in [6.07, 6.45) is 0. The summed E-state index contributed by atoms with van der Waals surface area (Å²) in [4.78, 5) is 37.5. The Bertz CT molecular complexity index is 2040. The number of ether oxygens (including phenoxy) is 10. The molecule has 3 N–H and O–H groups in total. The summed E-state index contributed by atoms with van der Waals surface area (Å²) in [6.45, 7) is 17.4. The molecule has 0 heterocycles. The lowest BCUT2D eigenvalue weighted by Crippen LogP contribution is -2.14. The van der Waals surface area contributed by atoms with Crippen LogP contribution < -0.4 is 16.3 Å². The van der Waals surface area contributed by atoms with Crippen molar-refractivity contribution in [1.82, 2.24) is 0 Å². The van der Waals surface area contributed by atoms with E-state index in [2.05, 4.69) is 0 Å². The van der Waals surface area contributed by atoms with Gasteiger partial charge in [0.1, 0.15) is 0 Å². The van der Waals surface area contributed by atoms with E-state index in [4.69, 9.17) is 47.4 Å². The van der Waals surface area contributed by atoms with Gasteiger partial charge in [-0.2, -0.15) is 0 Å². The van der Waals surface area contributed by atoms with Gasteiger partial charge in [0.2, 0.25) is 16.3 Å². The fraction of sp³-hybridized carbons (Fsp3) is 0.580. The van der Waals surface area contributed by atoms with E-state index in [1.165, 1.54) is 12.1 Å². The molecule has 3 rings (SSSR count). The standard InChI is InChI=1S/C50H72O16/c1-35(2)38-7-9-40(47(53)45(51)29-38)31-63-23-19-59-15-11-57-13-17-61-21-25-65-33-43-27-42(37(5)6)28-44(50(56)49(43)55)34-66-26-22-62-18-14-58-12-16-60-20-24-64-32-41-10-8-39(36(3)4)30-46(52)48(41)54/h7-10,27-30,35-37H,11-26,31-34H2,1-6H3,(H,51,53)(H,52,54)(H,55,56). The smallest absolute Gasteiger partial charge is 0.225 e. The first-order chi connectivity index (χ1) is 31.8. The molecule has 3 aromatic rings. The maximum atomic E-state index is 13.2. The lowest BCUT2D eigenvalue weighted by Gasteiger charge is -2.08. The Morgan fingerprint density at radius 2 is 0.606 bits per heavy atom. The second-order valence-corrected chi connectivity index (χ2v) is 16.3. The van der Waals surface area contributed by atoms with Crippen LogP contribution in [0, 0.1) is 0 Å². The van der Waals surface area contributed by atoms with Gasteiger partial charge in [-0.25, -0.2) is 0 Å². The zero-order valence-electron chi connectivity index (χ0n) is 39.6. The molecule has 66 heavy (non-hydrogen) atoms. The van der Waals surface area contributed by atoms with Gasteiger partial charge in [-0.05, 0) is 58.7 Å². The van der Waals surface area contributed by atoms with Gasteiger partial charge >= 0.3 is 0 Å². The average molecular weight is 929 g/mol. The Balaban J connectivity index is 1.19. The van der Waals surface area contributed by atoms with Crippen LogP contribution in [0.25, 0.3) is 0 Å². The third-order valence-electron chi connectivity index (χ3n) is 10.1. The summed E-state index contributed by atoms with van der Waals surface area (Å²) in [6, 6.07) is 13.5. The Morgan fingerprint density at radius 1 is 0.333 bits per heavy atom. The molecule has 16 nitrogen and oxygen atoms in total. The van der Waals surface area contributed by atoms with Crippen LogP contribution in [0.1, 0.15) is 98.2 Å². The number of aromatic hydroxyl groups is 3. The molecular weight excluding hydrogens is 857 g/mol. The largest absolute Gasteiger partial charge is 0.504 e. The van der Waals surface area contributed by atoms with E-state index in [9.17, 15) is 29.7 Å². The highest BCUT2D eigenvalue weighted by Crippen LogP contribution is 2.22. The highest BCUT2D eigenvalue weighted by molar-refractivity contribution is 5.39. The lowest BCUT2D eigenvalue weighted by atomic mass is 10.0. The van der Waals surface area contributed by atoms with Gasteiger partial charge in [0, 0.05) is 22.3 Å². The highest BCUT2D eigenvalue weighted by atomic mass is 16.6. The number of rotatable bonds is 35. The van der Waals surface area contributed by atoms with E-state index >= 15 is 0 Å². The summed E-state index contributed by atoms with van der Waals surface area (Å²) in [5.41, 5.74) is 2.78. The van der Waals surface area contributed by atoms with Crippen molar-refractivity contribution in [3.63, 3.8) is 0 Å². The van der Waals surface area contributed by atoms with Gasteiger partial charge in [-0.15, -0.1) is 0 Å². The SMILES string of the molecule is CC(C)c1cc(COCCOCCOCCOCCOCc2ccc(C(C)C)cc(=O)c2O)c(O)c(=O)c(COCCOCCOCCOCCOCc2ccc(C(C)C)cc(=O)c2O)c1. The van der Waals surface area contributed by atoms with E-state index in [0.29, 0.717) is 115 Å². The van der Waals surface area contributed by atoms with E-state index in [1.807, 2.05) is 53.7 Å². The van der Waals surface area contributed by atoms with Crippen LogP contribution in [0.5, 0.6) is 17.2 Å². The molecule has 0 saturated carbocycles. The molecule has 0 bridgehead atoms. The van der Waals surface area contributed by atoms with E-state index in [0.717, 1.165) is 16.7 Å². The molecule has 3 aromatic carbocycles. The van der Waals surface area contributed by atoms with E-state index in [1.54, 1.807) is 24.3 Å². The third-order valence-corrected chi connectivity index (χ3v) is 10.1. The minimum atomic E-state index is -0.517. The van der Waals surface area contributed by atoms with Gasteiger partial charge in [0.15, 0.2) is 17.2 Å². The van der Waals surface area contributed by atoms with Crippen LogP contribution in [0.2, 0.25) is 0 Å². The first-order valence-electron chi connectivity index (χ1n) is 22.7. The maximum Gasteiger partial charge on any atom is 0.225 e. The summed E-state index contributed by atoms with van der Waals surface area (Å²) in [7, 11) is 0. The molecule has 0 atom stereocenters. The van der Waals surface area contributed by atoms with E-state index < -0.39 is 16.3 Å². The molecule has 0 saturated heterocycles. The van der Waals surface area contributed by atoms with Crippen molar-refractivity contribution in [3.8, 4) is 17.2 Å². The number of hydrogen-bond acceptors (Lipinski definition) is 16. The molecule has 0 spiro atoms. The molecule has 0 unspecified atom stereocenters. The van der Waals surface area contributed by atoms with Crippen molar-refractivity contribution >= 4 is 0 Å². The van der Waals surface area contributed by atoms with Crippen molar-refractivity contribution in [1.29, 1.82) is 0 Å². The van der Waals surface area contributed by atoms with E-state index in [-0.39, 0.29) is 74.6 Å². The van der Waals surface area contributed by atoms with Gasteiger partial charge in [0.05, 0.1) is 132 Å². The fourth-order valence-corrected chi connectivity index (χ4v) is 6.06. The first-order valence-corrected chi connectivity index (χ1v) is 22.7. The zero-order chi connectivity index (χ0) is 48.1. The molecule has 368 valence electrons. The van der Waals surface area contributed by atoms with Crippen molar-refractivity contribution in [3.05, 3.63) is 118 Å². The van der Waals surface area contributed by atoms with Crippen molar-refractivity contribution < 1.29 is 62.7 Å². The Morgan fingerprint density at radius 3 is 0.924 bits per heavy atom. The fourth-order valence-electron chi connectivity index (χ4n) is 6.06. The zero-order valence-corrected chi connectivity index (χ0v) is 39.6. The lowest BCUT2D eigenvalue weighted by molar-refractivity contribution is -0.0140. The maximum absolute atomic E-state index is 13.2. The van der Waals surface area contributed by atoms with Crippen LogP contribution in [-0.2, 0) is 73.8 Å². The molecule has 0 aromatic heterocycles. The first kappa shape index (κ1) is 56.0. The molecule has 0 radical (unpaired) electrons. The second kappa shape index (κ2) is 32.4. The predicted molar refractivity (Wildman–Crippen MR) is 249 cm³/mol. The van der Waals surface area contributed by atoms with Gasteiger partial charge < -0.3 is 62.7 Å². The molecule has 0 fully saturated rings. The summed E-state index contributed by atoms with van der Waals surface area (Å²) in [5.74, 6) is -0.565. The molecular formula is C50H72O16. The third kappa shape index (κ3) is 21.5. The summed E-state index contributed by atoms with van der Waals surface area (Å²) < 4.78 is 55.8. The topological polar surface area (TPSA) is 204 Å². The second-order valence-electron chi connectivity index (χ2n) is 16.3. The molecule has 16 heteroatoms. The van der Waals surface area contributed by atoms with Gasteiger partial charge in [0.25, 0.3) is 0 Å². The van der Waals surface area contributed by atoms with Crippen LogP contribution >= 0.6 is 0 Å². The van der Waals surface area contributed by atoms with Crippen LogP contribution in [0.15, 0.2) is 62.9 Å². The van der Waals surface area contributed by atoms with Crippen molar-refractivity contribution in [2.45, 2.75) is 85.7 Å². The van der Waals surface area contributed by atoms with Crippen molar-refractivity contribution in [2.24, 2.45) is 0 Å². The van der Waals surface area contributed by atoms with Crippen LogP contribution in [0.3, 0.4) is 0 Å². The predicted octanol–water partition coefficient (Wildman–Crippen LogP) is 5.82. The minimum absolute atomic E-state index is 0.00663. The van der Waals surface area contributed by atoms with Crippen molar-refractivity contribution in [2.75, 3.05) is 106 Å². The Kier molecular flexibility index (Phi) is 27.5. The quantitative estimate of drug-likeness (QED) is 0.0595.